The van der Waals surface area contributed by atoms with Crippen LogP contribution in [0.4, 0.5) is 0 Å². The molecule has 0 atom stereocenters. The summed E-state index contributed by atoms with van der Waals surface area (Å²) in [6, 6.07) is 0. The lowest BCUT2D eigenvalue weighted by Crippen LogP contribution is -2.34. The third-order valence-electron chi connectivity index (χ3n) is 4.86. The molecule has 0 bridgehead atoms. The van der Waals surface area contributed by atoms with Gasteiger partial charge in [0.05, 0.1) is 0 Å². The maximum absolute atomic E-state index is 12.6. The first-order chi connectivity index (χ1) is 11.3. The average molecular weight is 316 g/mol. The minimum Gasteiger partial charge on any atom is -0.342 e. The zero-order valence-corrected chi connectivity index (χ0v) is 14.0. The maximum Gasteiger partial charge on any atom is 0.222 e. The molecule has 1 fully saturated rings. The first kappa shape index (κ1) is 16.2. The third-order valence-corrected chi connectivity index (χ3v) is 4.86. The van der Waals surface area contributed by atoms with Crippen LogP contribution >= 0.6 is 0 Å². The number of aromatic nitrogens is 3. The molecule has 1 aromatic heterocycles. The third kappa shape index (κ3) is 5.48. The number of amides is 1. The molecule has 2 aliphatic carbocycles. The summed E-state index contributed by atoms with van der Waals surface area (Å²) in [5.74, 6) is 1.07. The highest BCUT2D eigenvalue weighted by Gasteiger charge is 2.26. The lowest BCUT2D eigenvalue weighted by atomic mass is 9.97. The largest absolute Gasteiger partial charge is 0.342 e. The van der Waals surface area contributed by atoms with Gasteiger partial charge in [0, 0.05) is 26.1 Å². The first-order valence-electron chi connectivity index (χ1n) is 9.09. The Hall–Kier alpha value is -1.65. The molecule has 0 aliphatic heterocycles. The summed E-state index contributed by atoms with van der Waals surface area (Å²) in [6.45, 7) is 2.65. The SMILES string of the molecule is O=C(CCCn1cncn1)N(CCC1=CCCCC1)CC1CC1. The number of hydrogen-bond donors (Lipinski definition) is 0. The second kappa shape index (κ2) is 8.27. The van der Waals surface area contributed by atoms with E-state index in [1.165, 1.54) is 38.5 Å². The average Bonchev–Trinajstić information content (AvgIpc) is 3.25. The molecular weight excluding hydrogens is 288 g/mol. The number of carbonyl (C=O) groups excluding carboxylic acids is 1. The Balaban J connectivity index is 1.44. The zero-order chi connectivity index (χ0) is 15.9. The van der Waals surface area contributed by atoms with Crippen molar-refractivity contribution in [3.63, 3.8) is 0 Å². The van der Waals surface area contributed by atoms with E-state index in [0.717, 1.165) is 38.4 Å². The summed E-state index contributed by atoms with van der Waals surface area (Å²) in [7, 11) is 0. The molecule has 0 aromatic carbocycles. The van der Waals surface area contributed by atoms with Crippen LogP contribution in [-0.4, -0.2) is 38.7 Å². The van der Waals surface area contributed by atoms with Gasteiger partial charge in [-0.25, -0.2) is 4.98 Å². The van der Waals surface area contributed by atoms with Gasteiger partial charge in [-0.15, -0.1) is 0 Å². The van der Waals surface area contributed by atoms with E-state index in [1.807, 2.05) is 0 Å². The highest BCUT2D eigenvalue weighted by molar-refractivity contribution is 5.76. The van der Waals surface area contributed by atoms with Crippen molar-refractivity contribution in [3.05, 3.63) is 24.3 Å². The number of nitrogens with zero attached hydrogens (tertiary/aromatic N) is 4. The van der Waals surface area contributed by atoms with Gasteiger partial charge in [-0.1, -0.05) is 11.6 Å². The molecule has 0 saturated heterocycles. The monoisotopic (exact) mass is 316 g/mol. The molecule has 0 radical (unpaired) electrons. The van der Waals surface area contributed by atoms with Crippen LogP contribution in [0, 0.1) is 5.92 Å². The lowest BCUT2D eigenvalue weighted by molar-refractivity contribution is -0.131. The lowest BCUT2D eigenvalue weighted by Gasteiger charge is -2.24. The van der Waals surface area contributed by atoms with Crippen molar-refractivity contribution in [1.82, 2.24) is 19.7 Å². The number of hydrogen-bond acceptors (Lipinski definition) is 3. The molecule has 0 unspecified atom stereocenters. The minimum atomic E-state index is 0.313. The fourth-order valence-corrected chi connectivity index (χ4v) is 3.24. The predicted octanol–water partition coefficient (Wildman–Crippen LogP) is 3.19. The van der Waals surface area contributed by atoms with Crippen LogP contribution in [0.3, 0.4) is 0 Å². The Morgan fingerprint density at radius 1 is 1.35 bits per heavy atom. The van der Waals surface area contributed by atoms with Crippen LogP contribution in [-0.2, 0) is 11.3 Å². The van der Waals surface area contributed by atoms with Gasteiger partial charge in [0.2, 0.25) is 5.91 Å². The summed E-state index contributed by atoms with van der Waals surface area (Å²) >= 11 is 0. The summed E-state index contributed by atoms with van der Waals surface area (Å²) < 4.78 is 1.80. The van der Waals surface area contributed by atoms with E-state index in [-0.39, 0.29) is 0 Å². The van der Waals surface area contributed by atoms with Gasteiger partial charge in [0.25, 0.3) is 0 Å². The Morgan fingerprint density at radius 2 is 2.26 bits per heavy atom. The molecule has 1 heterocycles. The Labute approximate surface area is 138 Å². The van der Waals surface area contributed by atoms with Crippen LogP contribution in [0.15, 0.2) is 24.3 Å². The Bertz CT molecular complexity index is 519. The molecule has 0 N–H and O–H groups in total. The highest BCUT2D eigenvalue weighted by atomic mass is 16.2. The zero-order valence-electron chi connectivity index (χ0n) is 14.0. The van der Waals surface area contributed by atoms with Crippen LogP contribution in [0.2, 0.25) is 0 Å². The van der Waals surface area contributed by atoms with Gasteiger partial charge in [-0.3, -0.25) is 9.48 Å². The van der Waals surface area contributed by atoms with E-state index < -0.39 is 0 Å². The van der Waals surface area contributed by atoms with Gasteiger partial charge in [0.1, 0.15) is 12.7 Å². The summed E-state index contributed by atoms with van der Waals surface area (Å²) in [5, 5.41) is 4.09. The fourth-order valence-electron chi connectivity index (χ4n) is 3.24. The fraction of sp³-hybridized carbons (Fsp3) is 0.722. The molecule has 2 aliphatic rings. The molecule has 126 valence electrons. The van der Waals surface area contributed by atoms with E-state index in [0.29, 0.717) is 12.3 Å². The van der Waals surface area contributed by atoms with E-state index >= 15 is 0 Å². The van der Waals surface area contributed by atoms with Crippen molar-refractivity contribution >= 4 is 5.91 Å². The number of carbonyl (C=O) groups is 1. The van der Waals surface area contributed by atoms with Gasteiger partial charge in [-0.2, -0.15) is 5.10 Å². The quantitative estimate of drug-likeness (QED) is 0.657. The van der Waals surface area contributed by atoms with E-state index in [2.05, 4.69) is 21.1 Å². The van der Waals surface area contributed by atoms with Crippen LogP contribution in [0.25, 0.3) is 0 Å². The van der Waals surface area contributed by atoms with Gasteiger partial charge >= 0.3 is 0 Å². The topological polar surface area (TPSA) is 51.0 Å². The summed E-state index contributed by atoms with van der Waals surface area (Å²) in [6.07, 6.45) is 15.9. The summed E-state index contributed by atoms with van der Waals surface area (Å²) in [4.78, 5) is 18.6. The van der Waals surface area contributed by atoms with E-state index in [4.69, 9.17) is 0 Å². The minimum absolute atomic E-state index is 0.313. The van der Waals surface area contributed by atoms with Crippen molar-refractivity contribution in [2.45, 2.75) is 64.3 Å². The molecule has 1 saturated carbocycles. The van der Waals surface area contributed by atoms with Crippen LogP contribution in [0.1, 0.15) is 57.8 Å². The highest BCUT2D eigenvalue weighted by Crippen LogP contribution is 2.30. The second-order valence-electron chi connectivity index (χ2n) is 6.90. The number of allylic oxidation sites excluding steroid dienone is 1. The molecule has 1 amide bonds. The van der Waals surface area contributed by atoms with Crippen LogP contribution in [0.5, 0.6) is 0 Å². The van der Waals surface area contributed by atoms with Crippen molar-refractivity contribution in [2.24, 2.45) is 5.92 Å². The van der Waals surface area contributed by atoms with E-state index in [9.17, 15) is 4.79 Å². The molecule has 0 spiro atoms. The van der Waals surface area contributed by atoms with Crippen molar-refractivity contribution in [2.75, 3.05) is 13.1 Å². The number of aryl methyl sites for hydroxylation is 1. The second-order valence-corrected chi connectivity index (χ2v) is 6.90. The maximum atomic E-state index is 12.6. The molecule has 1 aromatic rings. The predicted molar refractivity (Wildman–Crippen MR) is 89.7 cm³/mol. The molecular formula is C18H28N4O. The van der Waals surface area contributed by atoms with Gasteiger partial charge in [0.15, 0.2) is 0 Å². The van der Waals surface area contributed by atoms with Crippen molar-refractivity contribution in [3.8, 4) is 0 Å². The van der Waals surface area contributed by atoms with Crippen molar-refractivity contribution < 1.29 is 4.79 Å². The van der Waals surface area contributed by atoms with E-state index in [1.54, 1.807) is 22.9 Å². The molecule has 23 heavy (non-hydrogen) atoms. The molecule has 3 rings (SSSR count). The van der Waals surface area contributed by atoms with Crippen molar-refractivity contribution in [1.29, 1.82) is 0 Å². The normalized spacial score (nSPS) is 17.8. The molecule has 5 heteroatoms. The smallest absolute Gasteiger partial charge is 0.222 e. The standard InChI is InChI=1S/C18H28N4O/c23-18(7-4-11-22-15-19-14-20-22)21(13-17-8-9-17)12-10-16-5-2-1-3-6-16/h5,14-15,17H,1-4,6-13H2. The van der Waals surface area contributed by atoms with Crippen LogP contribution < -0.4 is 0 Å². The summed E-state index contributed by atoms with van der Waals surface area (Å²) in [5.41, 5.74) is 1.56. The molecule has 5 nitrogen and oxygen atoms in total. The number of rotatable bonds is 9. The van der Waals surface area contributed by atoms with Gasteiger partial charge < -0.3 is 4.90 Å². The van der Waals surface area contributed by atoms with Gasteiger partial charge in [-0.05, 0) is 57.3 Å². The Kier molecular flexibility index (Phi) is 5.83. The Morgan fingerprint density at radius 3 is 2.96 bits per heavy atom. The first-order valence-corrected chi connectivity index (χ1v) is 9.09.